The van der Waals surface area contributed by atoms with Gasteiger partial charge in [0, 0.05) is 49.5 Å². The fourth-order valence-corrected chi connectivity index (χ4v) is 3.51. The van der Waals surface area contributed by atoms with Gasteiger partial charge in [0.15, 0.2) is 12.5 Å². The first-order valence-electron chi connectivity index (χ1n) is 8.96. The van der Waals surface area contributed by atoms with E-state index in [0.29, 0.717) is 0 Å². The van der Waals surface area contributed by atoms with Crippen LogP contribution < -0.4 is 0 Å². The molecule has 0 spiro atoms. The van der Waals surface area contributed by atoms with Crippen LogP contribution in [0.2, 0.25) is 0 Å². The Labute approximate surface area is 161 Å². The topological polar surface area (TPSA) is 59.1 Å². The lowest BCUT2D eigenvalue weighted by Crippen LogP contribution is -2.54. The molecule has 0 aromatic carbocycles. The van der Waals surface area contributed by atoms with Gasteiger partial charge in [-0.25, -0.2) is 9.59 Å². The van der Waals surface area contributed by atoms with Crippen LogP contribution in [0.15, 0.2) is 46.6 Å². The second-order valence-corrected chi connectivity index (χ2v) is 7.38. The molecule has 0 aromatic heterocycles. The molecule has 3 aliphatic heterocycles. The summed E-state index contributed by atoms with van der Waals surface area (Å²) in [7, 11) is 0. The van der Waals surface area contributed by atoms with Crippen LogP contribution >= 0.6 is 0 Å². The predicted octanol–water partition coefficient (Wildman–Crippen LogP) is 2.79. The predicted molar refractivity (Wildman–Crippen MR) is 105 cm³/mol. The van der Waals surface area contributed by atoms with E-state index in [2.05, 4.69) is 9.80 Å². The lowest BCUT2D eigenvalue weighted by Gasteiger charge is -2.39. The zero-order valence-corrected chi connectivity index (χ0v) is 15.8. The maximum Gasteiger partial charge on any atom is 0.333 e. The molecule has 0 amide bonds. The maximum absolute atomic E-state index is 11.7. The molecular weight excluding hydrogens is 344 g/mol. The number of piperazine rings is 1. The van der Waals surface area contributed by atoms with E-state index in [4.69, 9.17) is 9.47 Å². The van der Waals surface area contributed by atoms with E-state index in [1.165, 1.54) is 0 Å². The van der Waals surface area contributed by atoms with Crippen molar-refractivity contribution in [3.63, 3.8) is 0 Å². The van der Waals surface area contributed by atoms with Crippen molar-refractivity contribution in [3.8, 4) is 0 Å². The van der Waals surface area contributed by atoms with Crippen molar-refractivity contribution in [2.24, 2.45) is 0 Å². The molecule has 0 aromatic rings. The summed E-state index contributed by atoms with van der Waals surface area (Å²) in [5, 5.41) is 0. The molecule has 1 saturated heterocycles. The Balaban J connectivity index is 0.00000261. The smallest absolute Gasteiger partial charge is 0.333 e. The second kappa shape index (κ2) is 8.67. The van der Waals surface area contributed by atoms with Crippen LogP contribution in [0.5, 0.6) is 0 Å². The number of hydrogen-bond acceptors (Lipinski definition) is 6. The third-order valence-corrected chi connectivity index (χ3v) is 4.52. The van der Waals surface area contributed by atoms with Gasteiger partial charge in [-0.2, -0.15) is 0 Å². The molecule has 6 heteroatoms. The molecule has 0 radical (unpaired) electrons. The monoisotopic (exact) mass is 374 g/mol. The molecule has 1 fully saturated rings. The van der Waals surface area contributed by atoms with E-state index in [1.807, 2.05) is 39.8 Å². The summed E-state index contributed by atoms with van der Waals surface area (Å²) < 4.78 is 11.0. The van der Waals surface area contributed by atoms with Gasteiger partial charge in [0.1, 0.15) is 0 Å². The standard InChI is InChI=1S/C20H26N2O4.CH4/c1-13(2)9-15-11-17(23)25-19(15)21-5-7-22(8-6-21)20-16(10-14(3)4)12-18(24)26-20;/h9-12,19-20H,5-8H2,1-4H3;1H4. The normalized spacial score (nSPS) is 25.8. The van der Waals surface area contributed by atoms with Crippen molar-refractivity contribution < 1.29 is 19.1 Å². The van der Waals surface area contributed by atoms with Gasteiger partial charge in [-0.15, -0.1) is 0 Å². The SMILES string of the molecule is C.CC(C)=CC1=CC(=O)OC1N1CCN(C2OC(=O)C=C2C=C(C)C)CC1. The van der Waals surface area contributed by atoms with Crippen LogP contribution in [-0.2, 0) is 19.1 Å². The van der Waals surface area contributed by atoms with E-state index in [9.17, 15) is 9.59 Å². The van der Waals surface area contributed by atoms with Gasteiger partial charge < -0.3 is 9.47 Å². The number of nitrogens with zero attached hydrogens (tertiary/aromatic N) is 2. The van der Waals surface area contributed by atoms with E-state index in [-0.39, 0.29) is 31.8 Å². The van der Waals surface area contributed by atoms with Crippen molar-refractivity contribution in [3.05, 3.63) is 46.6 Å². The average Bonchev–Trinajstić information content (AvgIpc) is 3.09. The molecule has 0 bridgehead atoms. The Bertz CT molecular complexity index is 654. The zero-order valence-electron chi connectivity index (χ0n) is 15.8. The summed E-state index contributed by atoms with van der Waals surface area (Å²) in [5.41, 5.74) is 4.07. The van der Waals surface area contributed by atoms with Crippen molar-refractivity contribution in [2.45, 2.75) is 47.6 Å². The number of allylic oxidation sites excluding steroid dienone is 2. The van der Waals surface area contributed by atoms with Gasteiger partial charge in [-0.1, -0.05) is 30.7 Å². The van der Waals surface area contributed by atoms with E-state index < -0.39 is 0 Å². The molecule has 6 nitrogen and oxygen atoms in total. The quantitative estimate of drug-likeness (QED) is 0.705. The maximum atomic E-state index is 11.7. The van der Waals surface area contributed by atoms with Crippen molar-refractivity contribution in [2.75, 3.05) is 26.2 Å². The Kier molecular flexibility index (Phi) is 6.78. The summed E-state index contributed by atoms with van der Waals surface area (Å²) in [6.45, 7) is 11.0. The van der Waals surface area contributed by atoms with Gasteiger partial charge in [0.2, 0.25) is 0 Å². The van der Waals surface area contributed by atoms with Gasteiger partial charge >= 0.3 is 11.9 Å². The number of rotatable bonds is 4. The molecule has 3 aliphatic rings. The molecule has 3 heterocycles. The molecule has 2 unspecified atom stereocenters. The summed E-state index contributed by atoms with van der Waals surface area (Å²) in [6, 6.07) is 0. The van der Waals surface area contributed by atoms with E-state index in [1.54, 1.807) is 12.2 Å². The van der Waals surface area contributed by atoms with Gasteiger partial charge in [-0.05, 0) is 27.7 Å². The van der Waals surface area contributed by atoms with E-state index >= 15 is 0 Å². The first-order valence-corrected chi connectivity index (χ1v) is 8.96. The molecule has 3 rings (SSSR count). The number of carbonyl (C=O) groups is 2. The lowest BCUT2D eigenvalue weighted by atomic mass is 10.1. The first kappa shape index (κ1) is 21.1. The molecule has 27 heavy (non-hydrogen) atoms. The largest absolute Gasteiger partial charge is 0.439 e. The van der Waals surface area contributed by atoms with E-state index in [0.717, 1.165) is 48.5 Å². The van der Waals surface area contributed by atoms with Crippen LogP contribution in [-0.4, -0.2) is 60.4 Å². The molecule has 0 saturated carbocycles. The first-order chi connectivity index (χ1) is 12.3. The van der Waals surface area contributed by atoms with Crippen molar-refractivity contribution in [1.82, 2.24) is 9.80 Å². The fraction of sp³-hybridized carbons (Fsp3) is 0.524. The van der Waals surface area contributed by atoms with Crippen LogP contribution in [0.1, 0.15) is 35.1 Å². The summed E-state index contributed by atoms with van der Waals surface area (Å²) in [5.74, 6) is -0.577. The minimum absolute atomic E-state index is 0. The fourth-order valence-electron chi connectivity index (χ4n) is 3.51. The van der Waals surface area contributed by atoms with Crippen molar-refractivity contribution in [1.29, 1.82) is 0 Å². The van der Waals surface area contributed by atoms with Crippen LogP contribution in [0.3, 0.4) is 0 Å². The number of carbonyl (C=O) groups excluding carboxylic acids is 2. The highest BCUT2D eigenvalue weighted by atomic mass is 16.6. The number of hydrogen-bond donors (Lipinski definition) is 0. The molecule has 0 aliphatic carbocycles. The number of cyclic esters (lactones) is 2. The summed E-state index contributed by atoms with van der Waals surface area (Å²) in [6.07, 6.45) is 6.49. The van der Waals surface area contributed by atoms with Crippen LogP contribution in [0.25, 0.3) is 0 Å². The molecule has 2 atom stereocenters. The van der Waals surface area contributed by atoms with Gasteiger partial charge in [0.25, 0.3) is 0 Å². The minimum Gasteiger partial charge on any atom is -0.439 e. The third kappa shape index (κ3) is 4.96. The molecule has 148 valence electrons. The van der Waals surface area contributed by atoms with Crippen LogP contribution in [0.4, 0.5) is 0 Å². The Morgan fingerprint density at radius 2 is 1.15 bits per heavy atom. The number of esters is 2. The second-order valence-electron chi connectivity index (χ2n) is 7.38. The van der Waals surface area contributed by atoms with Gasteiger partial charge in [0.05, 0.1) is 0 Å². The Morgan fingerprint density at radius 3 is 1.44 bits per heavy atom. The highest BCUT2D eigenvalue weighted by molar-refractivity contribution is 5.87. The number of ether oxygens (including phenoxy) is 2. The Morgan fingerprint density at radius 1 is 0.815 bits per heavy atom. The lowest BCUT2D eigenvalue weighted by molar-refractivity contribution is -0.153. The van der Waals surface area contributed by atoms with Crippen LogP contribution in [0, 0.1) is 0 Å². The van der Waals surface area contributed by atoms with Gasteiger partial charge in [-0.3, -0.25) is 9.80 Å². The average molecular weight is 374 g/mol. The minimum atomic E-state index is -0.321. The Hall–Kier alpha value is -2.18. The molecular formula is C21H30N2O4. The molecule has 0 N–H and O–H groups in total. The zero-order chi connectivity index (χ0) is 18.8. The highest BCUT2D eigenvalue weighted by Gasteiger charge is 2.37. The van der Waals surface area contributed by atoms with Crippen molar-refractivity contribution >= 4 is 11.9 Å². The highest BCUT2D eigenvalue weighted by Crippen LogP contribution is 2.26. The summed E-state index contributed by atoms with van der Waals surface area (Å²) >= 11 is 0. The third-order valence-electron chi connectivity index (χ3n) is 4.52. The summed E-state index contributed by atoms with van der Waals surface area (Å²) in [4.78, 5) is 27.7.